The number of nitrogens with two attached hydrogens (primary N) is 1. The van der Waals surface area contributed by atoms with E-state index >= 15 is 0 Å². The molecule has 8 heavy (non-hydrogen) atoms. The molecule has 2 atom stereocenters. The average molecular weight is 115 g/mol. The van der Waals surface area contributed by atoms with E-state index in [1.807, 2.05) is 0 Å². The zero-order valence-electron chi connectivity index (χ0n) is 5.26. The van der Waals surface area contributed by atoms with E-state index in [-0.39, 0.29) is 0 Å². The van der Waals surface area contributed by atoms with Crippen molar-refractivity contribution in [2.45, 2.75) is 18.9 Å². The van der Waals surface area contributed by atoms with Crippen LogP contribution in [0.2, 0.25) is 0 Å². The second kappa shape index (κ2) is 2.46. The lowest BCUT2D eigenvalue weighted by Crippen LogP contribution is -2.41. The number of hydrogen-bond donors (Lipinski definition) is 1. The SMILES string of the molecule is COC[C@H]1CC[C@H]1N. The van der Waals surface area contributed by atoms with Crippen molar-refractivity contribution in [1.29, 1.82) is 0 Å². The molecule has 0 aromatic rings. The van der Waals surface area contributed by atoms with E-state index in [0.717, 1.165) is 6.61 Å². The van der Waals surface area contributed by atoms with Gasteiger partial charge in [0.15, 0.2) is 0 Å². The van der Waals surface area contributed by atoms with Gasteiger partial charge in [-0.2, -0.15) is 0 Å². The topological polar surface area (TPSA) is 35.2 Å². The highest BCUT2D eigenvalue weighted by Crippen LogP contribution is 2.24. The van der Waals surface area contributed by atoms with Gasteiger partial charge in [0.2, 0.25) is 0 Å². The quantitative estimate of drug-likeness (QED) is 0.564. The first kappa shape index (κ1) is 6.05. The molecule has 48 valence electrons. The molecular weight excluding hydrogens is 102 g/mol. The first-order valence-electron chi connectivity index (χ1n) is 3.09. The molecule has 1 fully saturated rings. The molecule has 1 aliphatic rings. The van der Waals surface area contributed by atoms with Gasteiger partial charge in [-0.15, -0.1) is 0 Å². The molecule has 1 aliphatic carbocycles. The van der Waals surface area contributed by atoms with Crippen LogP contribution in [-0.2, 0) is 4.74 Å². The van der Waals surface area contributed by atoms with Crippen molar-refractivity contribution < 1.29 is 4.74 Å². The third-order valence-corrected chi connectivity index (χ3v) is 1.86. The summed E-state index contributed by atoms with van der Waals surface area (Å²) in [6.45, 7) is 0.848. The second-order valence-electron chi connectivity index (χ2n) is 2.46. The van der Waals surface area contributed by atoms with Crippen LogP contribution in [0.3, 0.4) is 0 Å². The Bertz CT molecular complexity index is 74.9. The summed E-state index contributed by atoms with van der Waals surface area (Å²) >= 11 is 0. The van der Waals surface area contributed by atoms with Gasteiger partial charge in [-0.3, -0.25) is 0 Å². The second-order valence-corrected chi connectivity index (χ2v) is 2.46. The number of rotatable bonds is 2. The molecule has 2 N–H and O–H groups in total. The van der Waals surface area contributed by atoms with Crippen molar-refractivity contribution in [3.8, 4) is 0 Å². The maximum Gasteiger partial charge on any atom is 0.0505 e. The molecule has 0 aromatic carbocycles. The summed E-state index contributed by atoms with van der Waals surface area (Å²) in [5.74, 6) is 0.653. The summed E-state index contributed by atoms with van der Waals surface area (Å²) in [7, 11) is 1.73. The van der Waals surface area contributed by atoms with E-state index in [1.165, 1.54) is 12.8 Å². The van der Waals surface area contributed by atoms with E-state index in [4.69, 9.17) is 10.5 Å². The fourth-order valence-electron chi connectivity index (χ4n) is 1.02. The highest BCUT2D eigenvalue weighted by atomic mass is 16.5. The van der Waals surface area contributed by atoms with Crippen molar-refractivity contribution >= 4 is 0 Å². The zero-order chi connectivity index (χ0) is 5.98. The minimum atomic E-state index is 0.426. The van der Waals surface area contributed by atoms with Crippen molar-refractivity contribution in [2.75, 3.05) is 13.7 Å². The molecule has 0 aliphatic heterocycles. The van der Waals surface area contributed by atoms with E-state index in [1.54, 1.807) is 7.11 Å². The normalized spacial score (nSPS) is 36.8. The Hall–Kier alpha value is -0.0800. The maximum absolute atomic E-state index is 5.63. The smallest absolute Gasteiger partial charge is 0.0505 e. The lowest BCUT2D eigenvalue weighted by atomic mass is 9.81. The van der Waals surface area contributed by atoms with Crippen molar-refractivity contribution in [3.63, 3.8) is 0 Å². The minimum Gasteiger partial charge on any atom is -0.384 e. The van der Waals surface area contributed by atoms with Crippen LogP contribution in [0.15, 0.2) is 0 Å². The van der Waals surface area contributed by atoms with Gasteiger partial charge in [-0.1, -0.05) is 0 Å². The number of hydrogen-bond acceptors (Lipinski definition) is 2. The third kappa shape index (κ3) is 1.01. The lowest BCUT2D eigenvalue weighted by Gasteiger charge is -2.32. The molecular formula is C6H13NO. The summed E-state index contributed by atoms with van der Waals surface area (Å²) < 4.78 is 4.94. The van der Waals surface area contributed by atoms with E-state index < -0.39 is 0 Å². The van der Waals surface area contributed by atoms with Gasteiger partial charge < -0.3 is 10.5 Å². The van der Waals surface area contributed by atoms with E-state index in [0.29, 0.717) is 12.0 Å². The summed E-state index contributed by atoms with van der Waals surface area (Å²) in [6, 6.07) is 0.426. The van der Waals surface area contributed by atoms with Crippen LogP contribution in [0, 0.1) is 5.92 Å². The predicted molar refractivity (Wildman–Crippen MR) is 32.6 cm³/mol. The van der Waals surface area contributed by atoms with Crippen molar-refractivity contribution in [2.24, 2.45) is 11.7 Å². The van der Waals surface area contributed by atoms with Gasteiger partial charge in [0.05, 0.1) is 6.61 Å². The number of ether oxygens (including phenoxy) is 1. The van der Waals surface area contributed by atoms with Gasteiger partial charge in [0.25, 0.3) is 0 Å². The summed E-state index contributed by atoms with van der Waals surface area (Å²) in [5.41, 5.74) is 5.63. The molecule has 0 bridgehead atoms. The van der Waals surface area contributed by atoms with Crippen LogP contribution in [-0.4, -0.2) is 19.8 Å². The molecule has 0 unspecified atom stereocenters. The van der Waals surface area contributed by atoms with Crippen LogP contribution in [0.5, 0.6) is 0 Å². The first-order valence-corrected chi connectivity index (χ1v) is 3.09. The fraction of sp³-hybridized carbons (Fsp3) is 1.00. The fourth-order valence-corrected chi connectivity index (χ4v) is 1.02. The van der Waals surface area contributed by atoms with Crippen LogP contribution in [0.25, 0.3) is 0 Å². The summed E-state index contributed by atoms with van der Waals surface area (Å²) in [5, 5.41) is 0. The molecule has 1 saturated carbocycles. The lowest BCUT2D eigenvalue weighted by molar-refractivity contribution is 0.0945. The van der Waals surface area contributed by atoms with Gasteiger partial charge in [-0.05, 0) is 18.8 Å². The van der Waals surface area contributed by atoms with Gasteiger partial charge >= 0.3 is 0 Å². The molecule has 0 spiro atoms. The Morgan fingerprint density at radius 2 is 2.38 bits per heavy atom. The monoisotopic (exact) mass is 115 g/mol. The van der Waals surface area contributed by atoms with Gasteiger partial charge in [-0.25, -0.2) is 0 Å². The average Bonchev–Trinajstić information content (AvgIpc) is 1.79. The molecule has 0 amide bonds. The Balaban J connectivity index is 2.08. The standard InChI is InChI=1S/C6H13NO/c1-8-4-5-2-3-6(5)7/h5-6H,2-4,7H2,1H3/t5-,6-/m1/s1. The largest absolute Gasteiger partial charge is 0.384 e. The molecule has 0 radical (unpaired) electrons. The highest BCUT2D eigenvalue weighted by Gasteiger charge is 2.26. The van der Waals surface area contributed by atoms with Crippen molar-refractivity contribution in [3.05, 3.63) is 0 Å². The van der Waals surface area contributed by atoms with Crippen LogP contribution in [0.1, 0.15) is 12.8 Å². The van der Waals surface area contributed by atoms with Crippen LogP contribution >= 0.6 is 0 Å². The zero-order valence-corrected chi connectivity index (χ0v) is 5.26. The molecule has 0 aromatic heterocycles. The Morgan fingerprint density at radius 1 is 1.62 bits per heavy atom. The molecule has 2 nitrogen and oxygen atoms in total. The predicted octanol–water partition coefficient (Wildman–Crippen LogP) is 0.370. The van der Waals surface area contributed by atoms with Crippen LogP contribution in [0.4, 0.5) is 0 Å². The Morgan fingerprint density at radius 3 is 2.50 bits per heavy atom. The summed E-state index contributed by atoms with van der Waals surface area (Å²) in [6.07, 6.45) is 2.45. The van der Waals surface area contributed by atoms with Gasteiger partial charge in [0, 0.05) is 13.2 Å². The maximum atomic E-state index is 5.63. The van der Waals surface area contributed by atoms with E-state index in [2.05, 4.69) is 0 Å². The summed E-state index contributed by atoms with van der Waals surface area (Å²) in [4.78, 5) is 0. The highest BCUT2D eigenvalue weighted by molar-refractivity contribution is 4.82. The Labute approximate surface area is 50.0 Å². The first-order chi connectivity index (χ1) is 3.84. The van der Waals surface area contributed by atoms with Gasteiger partial charge in [0.1, 0.15) is 0 Å². The van der Waals surface area contributed by atoms with Crippen molar-refractivity contribution in [1.82, 2.24) is 0 Å². The minimum absolute atomic E-state index is 0.426. The Kier molecular flexibility index (Phi) is 1.86. The third-order valence-electron chi connectivity index (χ3n) is 1.86. The molecule has 2 heteroatoms. The van der Waals surface area contributed by atoms with E-state index in [9.17, 15) is 0 Å². The molecule has 0 heterocycles. The molecule has 1 rings (SSSR count). The molecule has 0 saturated heterocycles. The van der Waals surface area contributed by atoms with Crippen LogP contribution < -0.4 is 5.73 Å². The number of methoxy groups -OCH3 is 1.